The van der Waals surface area contributed by atoms with Crippen LogP contribution in [0.2, 0.25) is 0 Å². The fourth-order valence-corrected chi connectivity index (χ4v) is 5.62. The molecular weight excluding hydrogens is 482 g/mol. The molecule has 2 atom stereocenters. The van der Waals surface area contributed by atoms with Crippen LogP contribution < -0.4 is 5.73 Å². The number of piperidine rings is 1. The number of carbonyl (C=O) groups excluding carboxylic acids is 2. The first-order valence-corrected chi connectivity index (χ1v) is 13.3. The van der Waals surface area contributed by atoms with Gasteiger partial charge in [-0.05, 0) is 62.9 Å². The van der Waals surface area contributed by atoms with Gasteiger partial charge in [-0.15, -0.1) is 0 Å². The third-order valence-electron chi connectivity index (χ3n) is 7.28. The molecule has 0 aliphatic carbocycles. The van der Waals surface area contributed by atoms with Crippen molar-refractivity contribution in [1.82, 2.24) is 19.8 Å². The molecule has 4 rings (SSSR count). The summed E-state index contributed by atoms with van der Waals surface area (Å²) in [7, 11) is 0. The number of aliphatic hydroxyl groups excluding tert-OH is 2. The highest BCUT2D eigenvalue weighted by Gasteiger charge is 2.42. The van der Waals surface area contributed by atoms with Crippen molar-refractivity contribution in [2.75, 3.05) is 38.5 Å². The number of aromatic nitrogens is 2. The van der Waals surface area contributed by atoms with Crippen molar-refractivity contribution in [3.05, 3.63) is 41.2 Å². The summed E-state index contributed by atoms with van der Waals surface area (Å²) in [6.07, 6.45) is 6.35. The fourth-order valence-electron chi connectivity index (χ4n) is 4.97. The summed E-state index contributed by atoms with van der Waals surface area (Å²) >= 11 is 1.13. The summed E-state index contributed by atoms with van der Waals surface area (Å²) in [5.74, 6) is -0.489. The van der Waals surface area contributed by atoms with Gasteiger partial charge in [0.2, 0.25) is 0 Å². The van der Waals surface area contributed by atoms with E-state index in [9.17, 15) is 19.8 Å². The minimum absolute atomic E-state index is 0.174. The third-order valence-corrected chi connectivity index (χ3v) is 8.10. The molecule has 36 heavy (non-hydrogen) atoms. The molecule has 2 aliphatic rings. The van der Waals surface area contributed by atoms with E-state index in [1.54, 1.807) is 17.3 Å². The summed E-state index contributed by atoms with van der Waals surface area (Å²) in [5.41, 5.74) is 6.25. The molecule has 0 radical (unpaired) electrons. The van der Waals surface area contributed by atoms with Crippen molar-refractivity contribution in [1.29, 1.82) is 0 Å². The number of thiazole rings is 1. The minimum atomic E-state index is -1.21. The van der Waals surface area contributed by atoms with Crippen LogP contribution >= 0.6 is 11.3 Å². The number of ether oxygens (including phenoxy) is 1. The first-order chi connectivity index (χ1) is 17.4. The van der Waals surface area contributed by atoms with E-state index in [-0.39, 0.29) is 31.4 Å². The highest BCUT2D eigenvalue weighted by atomic mass is 32.1. The van der Waals surface area contributed by atoms with Crippen LogP contribution in [0, 0.1) is 5.41 Å². The molecule has 2 fully saturated rings. The van der Waals surface area contributed by atoms with Gasteiger partial charge in [0.15, 0.2) is 5.13 Å². The Labute approximate surface area is 215 Å². The SMILES string of the molecule is Nc1ncc(C(=O)N2CCCCC3(CCN(Cc4ccncc4)CC3)C(=O)OC[C@@H](O)[C@@H](O)CC2)s1. The Bertz CT molecular complexity index is 1010. The zero-order chi connectivity index (χ0) is 25.5. The van der Waals surface area contributed by atoms with Gasteiger partial charge in [0, 0.05) is 32.0 Å². The van der Waals surface area contributed by atoms with Crippen LogP contribution in [0.15, 0.2) is 30.7 Å². The lowest BCUT2D eigenvalue weighted by molar-refractivity contribution is -0.165. The summed E-state index contributed by atoms with van der Waals surface area (Å²) < 4.78 is 5.55. The van der Waals surface area contributed by atoms with Gasteiger partial charge in [0.05, 0.1) is 17.7 Å². The predicted molar refractivity (Wildman–Crippen MR) is 135 cm³/mol. The van der Waals surface area contributed by atoms with Gasteiger partial charge in [-0.25, -0.2) is 4.98 Å². The Morgan fingerprint density at radius 2 is 1.86 bits per heavy atom. The summed E-state index contributed by atoms with van der Waals surface area (Å²) in [6, 6.07) is 4.00. The van der Waals surface area contributed by atoms with Crippen molar-refractivity contribution in [2.24, 2.45) is 5.41 Å². The second-order valence-electron chi connectivity index (χ2n) is 9.75. The number of rotatable bonds is 3. The molecule has 4 heterocycles. The number of aliphatic hydroxyl groups is 2. The van der Waals surface area contributed by atoms with Gasteiger partial charge in [-0.3, -0.25) is 19.5 Å². The number of carbonyl (C=O) groups is 2. The largest absolute Gasteiger partial charge is 0.462 e. The van der Waals surface area contributed by atoms with E-state index in [1.807, 2.05) is 12.1 Å². The molecule has 1 amide bonds. The lowest BCUT2D eigenvalue weighted by Gasteiger charge is -2.40. The normalized spacial score (nSPS) is 24.4. The van der Waals surface area contributed by atoms with Gasteiger partial charge in [0.1, 0.15) is 17.6 Å². The summed E-state index contributed by atoms with van der Waals surface area (Å²) in [5, 5.41) is 21.2. The van der Waals surface area contributed by atoms with E-state index in [0.29, 0.717) is 42.2 Å². The molecular formula is C25H35N5O5S. The van der Waals surface area contributed by atoms with Crippen molar-refractivity contribution in [3.8, 4) is 0 Å². The molecule has 0 saturated carbocycles. The maximum atomic E-state index is 13.2. The van der Waals surface area contributed by atoms with E-state index in [1.165, 1.54) is 11.8 Å². The monoisotopic (exact) mass is 517 g/mol. The van der Waals surface area contributed by atoms with Gasteiger partial charge in [-0.1, -0.05) is 17.8 Å². The highest BCUT2D eigenvalue weighted by molar-refractivity contribution is 7.17. The number of pyridine rings is 1. The minimum Gasteiger partial charge on any atom is -0.462 e. The molecule has 2 aromatic heterocycles. The number of hydrogen-bond acceptors (Lipinski definition) is 10. The van der Waals surface area contributed by atoms with E-state index >= 15 is 0 Å². The third kappa shape index (κ3) is 6.58. The number of esters is 1. The second-order valence-corrected chi connectivity index (χ2v) is 10.8. The molecule has 4 N–H and O–H groups in total. The van der Waals surface area contributed by atoms with Crippen LogP contribution in [-0.2, 0) is 16.1 Å². The van der Waals surface area contributed by atoms with E-state index < -0.39 is 17.6 Å². The summed E-state index contributed by atoms with van der Waals surface area (Å²) in [4.78, 5) is 38.8. The highest BCUT2D eigenvalue weighted by Crippen LogP contribution is 2.38. The van der Waals surface area contributed by atoms with Crippen LogP contribution in [0.3, 0.4) is 0 Å². The number of nitrogen functional groups attached to an aromatic ring is 1. The molecule has 2 aromatic rings. The Morgan fingerprint density at radius 3 is 2.56 bits per heavy atom. The maximum absolute atomic E-state index is 13.2. The Balaban J connectivity index is 1.42. The molecule has 0 unspecified atom stereocenters. The van der Waals surface area contributed by atoms with Crippen LogP contribution in [0.4, 0.5) is 5.13 Å². The Kier molecular flexibility index (Phi) is 8.89. The number of anilines is 1. The van der Waals surface area contributed by atoms with E-state index in [4.69, 9.17) is 10.5 Å². The summed E-state index contributed by atoms with van der Waals surface area (Å²) in [6.45, 7) is 2.83. The topological polar surface area (TPSA) is 142 Å². The molecule has 2 aliphatic heterocycles. The quantitative estimate of drug-likeness (QED) is 0.518. The van der Waals surface area contributed by atoms with Gasteiger partial charge in [-0.2, -0.15) is 0 Å². The lowest BCUT2D eigenvalue weighted by Crippen LogP contribution is -2.45. The molecule has 1 spiro atoms. The first kappa shape index (κ1) is 26.5. The van der Waals surface area contributed by atoms with Crippen molar-refractivity contribution in [2.45, 2.75) is 57.3 Å². The number of nitrogens with zero attached hydrogens (tertiary/aromatic N) is 4. The number of likely N-dealkylation sites (tertiary alicyclic amines) is 1. The first-order valence-electron chi connectivity index (χ1n) is 12.5. The fraction of sp³-hybridized carbons (Fsp3) is 0.600. The molecule has 2 saturated heterocycles. The van der Waals surface area contributed by atoms with Crippen LogP contribution in [0.25, 0.3) is 0 Å². The van der Waals surface area contributed by atoms with Gasteiger partial charge >= 0.3 is 5.97 Å². The van der Waals surface area contributed by atoms with Crippen LogP contribution in [-0.4, -0.2) is 86.9 Å². The average Bonchev–Trinajstić information content (AvgIpc) is 3.33. The number of nitrogens with two attached hydrogens (primary N) is 1. The smallest absolute Gasteiger partial charge is 0.312 e. The van der Waals surface area contributed by atoms with Gasteiger partial charge in [0.25, 0.3) is 5.91 Å². The standard InChI is InChI=1S/C25H35N5O5S/c26-24-28-15-21(36-24)22(33)30-11-2-1-6-25(23(34)35-17-20(32)19(31)5-12-30)7-13-29(14-8-25)16-18-3-9-27-10-4-18/h3-4,9-10,15,19-20,31-32H,1-2,5-8,11-14,16-17H2,(H2,26,28)/t19-,20+/m0/s1. The van der Waals surface area contributed by atoms with E-state index in [2.05, 4.69) is 14.9 Å². The molecule has 0 bridgehead atoms. The number of amides is 1. The number of cyclic esters (lactones) is 1. The number of hydrogen-bond donors (Lipinski definition) is 3. The lowest BCUT2D eigenvalue weighted by atomic mass is 9.74. The Morgan fingerprint density at radius 1 is 1.11 bits per heavy atom. The Hall–Kier alpha value is -2.60. The second kappa shape index (κ2) is 12.1. The van der Waals surface area contributed by atoms with E-state index in [0.717, 1.165) is 37.4 Å². The van der Waals surface area contributed by atoms with Crippen molar-refractivity contribution in [3.63, 3.8) is 0 Å². The zero-order valence-corrected chi connectivity index (χ0v) is 21.2. The molecule has 10 nitrogen and oxygen atoms in total. The maximum Gasteiger partial charge on any atom is 0.312 e. The van der Waals surface area contributed by atoms with Crippen LogP contribution in [0.1, 0.15) is 53.8 Å². The average molecular weight is 518 g/mol. The molecule has 11 heteroatoms. The molecule has 0 aromatic carbocycles. The molecule has 196 valence electrons. The van der Waals surface area contributed by atoms with Crippen LogP contribution in [0.5, 0.6) is 0 Å². The van der Waals surface area contributed by atoms with Gasteiger partial charge < -0.3 is 25.6 Å². The predicted octanol–water partition coefficient (Wildman–Crippen LogP) is 1.68. The van der Waals surface area contributed by atoms with Crippen molar-refractivity contribution < 1.29 is 24.5 Å². The van der Waals surface area contributed by atoms with Crippen molar-refractivity contribution >= 4 is 28.3 Å². The zero-order valence-electron chi connectivity index (χ0n) is 20.4.